The fraction of sp³-hybridized carbons (Fsp3) is 0.231. The van der Waals surface area contributed by atoms with Crippen molar-refractivity contribution in [2.24, 2.45) is 0 Å². The minimum absolute atomic E-state index is 0.0812. The van der Waals surface area contributed by atoms with E-state index in [4.69, 9.17) is 16.9 Å². The number of halogens is 1. The lowest BCUT2D eigenvalue weighted by molar-refractivity contribution is 0.553. The van der Waals surface area contributed by atoms with Crippen molar-refractivity contribution >= 4 is 21.6 Å². The first-order chi connectivity index (χ1) is 10.0. The van der Waals surface area contributed by atoms with Gasteiger partial charge in [-0.1, -0.05) is 11.6 Å². The number of aromatic nitrogens is 2. The Hall–Kier alpha value is -1.88. The summed E-state index contributed by atoms with van der Waals surface area (Å²) >= 11 is 5.89. The SMILES string of the molecule is N#Cc1ccc(Cl)c(S(=O)(=O)NCCCn2cccn2)c1. The molecular formula is C13H13ClN4O2S. The van der Waals surface area contributed by atoms with Crippen LogP contribution in [0.2, 0.25) is 5.02 Å². The van der Waals surface area contributed by atoms with Gasteiger partial charge >= 0.3 is 0 Å². The maximum absolute atomic E-state index is 12.2. The molecule has 0 aliphatic rings. The number of sulfonamides is 1. The Labute approximate surface area is 128 Å². The summed E-state index contributed by atoms with van der Waals surface area (Å²) in [4.78, 5) is -0.0812. The van der Waals surface area contributed by atoms with Gasteiger partial charge in [0.25, 0.3) is 0 Å². The predicted molar refractivity (Wildman–Crippen MR) is 78.2 cm³/mol. The van der Waals surface area contributed by atoms with E-state index in [-0.39, 0.29) is 22.0 Å². The third-order valence-electron chi connectivity index (χ3n) is 2.77. The van der Waals surface area contributed by atoms with Gasteiger partial charge in [-0.15, -0.1) is 0 Å². The van der Waals surface area contributed by atoms with E-state index in [0.29, 0.717) is 13.0 Å². The van der Waals surface area contributed by atoms with Crippen LogP contribution in [-0.4, -0.2) is 24.7 Å². The van der Waals surface area contributed by atoms with Crippen LogP contribution in [0.4, 0.5) is 0 Å². The molecule has 0 saturated carbocycles. The van der Waals surface area contributed by atoms with E-state index in [1.807, 2.05) is 12.3 Å². The highest BCUT2D eigenvalue weighted by Crippen LogP contribution is 2.22. The standard InChI is InChI=1S/C13H13ClN4O2S/c14-12-4-3-11(10-15)9-13(12)21(19,20)17-6-2-8-18-7-1-5-16-18/h1,3-5,7,9,17H,2,6,8H2. The fourth-order valence-electron chi connectivity index (χ4n) is 1.74. The molecule has 21 heavy (non-hydrogen) atoms. The Bertz CT molecular complexity index is 751. The van der Waals surface area contributed by atoms with Crippen molar-refractivity contribution in [2.45, 2.75) is 17.9 Å². The van der Waals surface area contributed by atoms with Crippen molar-refractivity contribution in [1.82, 2.24) is 14.5 Å². The summed E-state index contributed by atoms with van der Waals surface area (Å²) in [6, 6.07) is 7.83. The van der Waals surface area contributed by atoms with Gasteiger partial charge in [-0.05, 0) is 30.7 Å². The van der Waals surface area contributed by atoms with Crippen LogP contribution in [0.25, 0.3) is 0 Å². The van der Waals surface area contributed by atoms with Crippen LogP contribution in [-0.2, 0) is 16.6 Å². The zero-order chi connectivity index (χ0) is 15.3. The Morgan fingerprint density at radius 3 is 2.90 bits per heavy atom. The summed E-state index contributed by atoms with van der Waals surface area (Å²) in [5.41, 5.74) is 0.247. The second-order valence-corrected chi connectivity index (χ2v) is 6.42. The molecule has 6 nitrogen and oxygen atoms in total. The van der Waals surface area contributed by atoms with E-state index in [9.17, 15) is 8.42 Å². The van der Waals surface area contributed by atoms with Crippen LogP contribution in [0.1, 0.15) is 12.0 Å². The number of nitrogens with zero attached hydrogens (tertiary/aromatic N) is 3. The van der Waals surface area contributed by atoms with E-state index in [1.54, 1.807) is 16.9 Å². The molecule has 1 N–H and O–H groups in total. The summed E-state index contributed by atoms with van der Waals surface area (Å²) in [7, 11) is -3.73. The lowest BCUT2D eigenvalue weighted by Crippen LogP contribution is -2.26. The Morgan fingerprint density at radius 1 is 1.43 bits per heavy atom. The average Bonchev–Trinajstić information content (AvgIpc) is 2.97. The molecule has 0 amide bonds. The highest BCUT2D eigenvalue weighted by Gasteiger charge is 2.17. The number of nitrogens with one attached hydrogen (secondary N) is 1. The first-order valence-corrected chi connectivity index (χ1v) is 8.06. The van der Waals surface area contributed by atoms with Crippen molar-refractivity contribution in [1.29, 1.82) is 5.26 Å². The van der Waals surface area contributed by atoms with Gasteiger partial charge in [-0.2, -0.15) is 10.4 Å². The molecule has 1 aromatic carbocycles. The van der Waals surface area contributed by atoms with Gasteiger partial charge in [0.05, 0.1) is 16.7 Å². The van der Waals surface area contributed by atoms with Gasteiger partial charge in [-0.3, -0.25) is 4.68 Å². The van der Waals surface area contributed by atoms with E-state index in [0.717, 1.165) is 0 Å². The topological polar surface area (TPSA) is 87.8 Å². The van der Waals surface area contributed by atoms with Crippen LogP contribution >= 0.6 is 11.6 Å². The largest absolute Gasteiger partial charge is 0.273 e. The first kappa shape index (κ1) is 15.5. The molecule has 1 heterocycles. The molecule has 0 unspecified atom stereocenters. The van der Waals surface area contributed by atoms with Crippen molar-refractivity contribution < 1.29 is 8.42 Å². The number of hydrogen-bond acceptors (Lipinski definition) is 4. The quantitative estimate of drug-likeness (QED) is 0.820. The molecule has 110 valence electrons. The summed E-state index contributed by atoms with van der Waals surface area (Å²) in [5.74, 6) is 0. The first-order valence-electron chi connectivity index (χ1n) is 6.20. The molecule has 1 aromatic heterocycles. The minimum atomic E-state index is -3.73. The van der Waals surface area contributed by atoms with Crippen LogP contribution < -0.4 is 4.72 Å². The number of aryl methyl sites for hydroxylation is 1. The maximum atomic E-state index is 12.2. The van der Waals surface area contributed by atoms with Crippen LogP contribution in [0.15, 0.2) is 41.6 Å². The molecule has 2 aromatic rings. The summed E-state index contributed by atoms with van der Waals surface area (Å²) in [5, 5.41) is 12.9. The molecule has 0 bridgehead atoms. The smallest absolute Gasteiger partial charge is 0.242 e. The van der Waals surface area contributed by atoms with E-state index >= 15 is 0 Å². The van der Waals surface area contributed by atoms with Crippen molar-refractivity contribution in [3.63, 3.8) is 0 Å². The summed E-state index contributed by atoms with van der Waals surface area (Å²) < 4.78 is 28.5. The van der Waals surface area contributed by atoms with Gasteiger partial charge in [-0.25, -0.2) is 13.1 Å². The van der Waals surface area contributed by atoms with Crippen LogP contribution in [0.3, 0.4) is 0 Å². The van der Waals surface area contributed by atoms with Gasteiger partial charge in [0.2, 0.25) is 10.0 Å². The molecule has 0 fully saturated rings. The molecule has 0 atom stereocenters. The van der Waals surface area contributed by atoms with Gasteiger partial charge < -0.3 is 0 Å². The molecule has 0 aliphatic carbocycles. The Kier molecular flexibility index (Phi) is 4.96. The molecule has 0 radical (unpaired) electrons. The third kappa shape index (κ3) is 4.04. The average molecular weight is 325 g/mol. The van der Waals surface area contributed by atoms with Crippen LogP contribution in [0, 0.1) is 11.3 Å². The highest BCUT2D eigenvalue weighted by atomic mass is 35.5. The normalized spacial score (nSPS) is 11.2. The summed E-state index contributed by atoms with van der Waals surface area (Å²) in [6.07, 6.45) is 4.07. The van der Waals surface area contributed by atoms with Crippen molar-refractivity contribution in [3.05, 3.63) is 47.2 Å². The molecular weight excluding hydrogens is 312 g/mol. The lowest BCUT2D eigenvalue weighted by Gasteiger charge is -2.08. The predicted octanol–water partition coefficient (Wildman–Crippen LogP) is 1.78. The number of hydrogen-bond donors (Lipinski definition) is 1. The Balaban J connectivity index is 2.00. The van der Waals surface area contributed by atoms with E-state index in [2.05, 4.69) is 9.82 Å². The third-order valence-corrected chi connectivity index (χ3v) is 4.71. The number of benzene rings is 1. The number of nitriles is 1. The molecule has 0 aliphatic heterocycles. The molecule has 0 spiro atoms. The maximum Gasteiger partial charge on any atom is 0.242 e. The summed E-state index contributed by atoms with van der Waals surface area (Å²) in [6.45, 7) is 0.872. The second kappa shape index (κ2) is 6.72. The Morgan fingerprint density at radius 2 is 2.24 bits per heavy atom. The van der Waals surface area contributed by atoms with Crippen molar-refractivity contribution in [3.8, 4) is 6.07 Å². The zero-order valence-electron chi connectivity index (χ0n) is 11.0. The van der Waals surface area contributed by atoms with Crippen molar-refractivity contribution in [2.75, 3.05) is 6.54 Å². The fourth-order valence-corrected chi connectivity index (χ4v) is 3.33. The minimum Gasteiger partial charge on any atom is -0.273 e. The molecule has 8 heteroatoms. The molecule has 0 saturated heterocycles. The zero-order valence-corrected chi connectivity index (χ0v) is 12.6. The lowest BCUT2D eigenvalue weighted by atomic mass is 10.2. The van der Waals surface area contributed by atoms with Gasteiger partial charge in [0.15, 0.2) is 0 Å². The van der Waals surface area contributed by atoms with Gasteiger partial charge in [0.1, 0.15) is 4.90 Å². The highest BCUT2D eigenvalue weighted by molar-refractivity contribution is 7.89. The van der Waals surface area contributed by atoms with Crippen LogP contribution in [0.5, 0.6) is 0 Å². The molecule has 2 rings (SSSR count). The number of rotatable bonds is 6. The second-order valence-electron chi connectivity index (χ2n) is 4.28. The van der Waals surface area contributed by atoms with E-state index < -0.39 is 10.0 Å². The van der Waals surface area contributed by atoms with E-state index in [1.165, 1.54) is 18.2 Å². The monoisotopic (exact) mass is 324 g/mol. The van der Waals surface area contributed by atoms with Gasteiger partial charge in [0, 0.05) is 25.5 Å².